The molecule has 4 rings (SSSR count). The van der Waals surface area contributed by atoms with Crippen LogP contribution in [0.4, 0.5) is 20.3 Å². The smallest absolute Gasteiger partial charge is 0.280 e. The highest BCUT2D eigenvalue weighted by molar-refractivity contribution is 6.05. The number of halogens is 2. The van der Waals surface area contributed by atoms with E-state index in [9.17, 15) is 13.6 Å². The van der Waals surface area contributed by atoms with Crippen LogP contribution in [0.15, 0.2) is 40.8 Å². The minimum Gasteiger partial charge on any atom is -0.497 e. The molecule has 0 fully saturated rings. The van der Waals surface area contributed by atoms with Gasteiger partial charge in [-0.05, 0) is 31.2 Å². The first-order chi connectivity index (χ1) is 16.3. The maximum Gasteiger partial charge on any atom is 0.280 e. The lowest BCUT2D eigenvalue weighted by molar-refractivity contribution is 0.102. The van der Waals surface area contributed by atoms with Gasteiger partial charge in [0.1, 0.15) is 34.6 Å². The predicted octanol–water partition coefficient (Wildman–Crippen LogP) is 3.42. The number of benzene rings is 2. The number of methoxy groups -OCH3 is 2. The summed E-state index contributed by atoms with van der Waals surface area (Å²) < 4.78 is 44.6. The number of hydrogen-bond acceptors (Lipinski definition) is 8. The van der Waals surface area contributed by atoms with Gasteiger partial charge in [0.2, 0.25) is 5.89 Å². The largest absolute Gasteiger partial charge is 0.497 e. The number of hydrogen-bond donors (Lipinski definition) is 2. The third-order valence-corrected chi connectivity index (χ3v) is 5.00. The third kappa shape index (κ3) is 4.37. The molecule has 0 radical (unpaired) electrons. The standard InChI is InChI=1S/C22H20F2N6O4/c1-11-17(27-22(34-11)14-6-5-13(32-2)9-18(14)33-3)10-30-20(25)19(28-29-30)21(31)26-16-7-4-12(23)8-15(16)24/h4-9H,10,25H2,1-3H3,(H,26,31). The van der Waals surface area contributed by atoms with Gasteiger partial charge in [-0.15, -0.1) is 5.10 Å². The molecule has 2 aromatic heterocycles. The average Bonchev–Trinajstić information content (AvgIpc) is 3.37. The Morgan fingerprint density at radius 2 is 1.97 bits per heavy atom. The lowest BCUT2D eigenvalue weighted by Crippen LogP contribution is -2.16. The summed E-state index contributed by atoms with van der Waals surface area (Å²) >= 11 is 0. The van der Waals surface area contributed by atoms with Crippen LogP contribution in [0.1, 0.15) is 21.9 Å². The average molecular weight is 470 g/mol. The van der Waals surface area contributed by atoms with Crippen LogP contribution in [0.5, 0.6) is 11.5 Å². The predicted molar refractivity (Wildman–Crippen MR) is 118 cm³/mol. The highest BCUT2D eigenvalue weighted by Gasteiger charge is 2.22. The Balaban J connectivity index is 1.56. The normalized spacial score (nSPS) is 10.9. The lowest BCUT2D eigenvalue weighted by atomic mass is 10.2. The molecule has 0 unspecified atom stereocenters. The first kappa shape index (κ1) is 22.7. The van der Waals surface area contributed by atoms with Crippen molar-refractivity contribution in [2.24, 2.45) is 0 Å². The minimum absolute atomic E-state index is 0.0603. The molecule has 0 saturated heterocycles. The van der Waals surface area contributed by atoms with Crippen LogP contribution >= 0.6 is 0 Å². The van der Waals surface area contributed by atoms with Gasteiger partial charge in [-0.25, -0.2) is 18.4 Å². The summed E-state index contributed by atoms with van der Waals surface area (Å²) in [5, 5.41) is 9.97. The van der Waals surface area contributed by atoms with Crippen molar-refractivity contribution in [2.75, 3.05) is 25.3 Å². The van der Waals surface area contributed by atoms with Gasteiger partial charge < -0.3 is 24.9 Å². The number of ether oxygens (including phenoxy) is 2. The Hall–Kier alpha value is -4.48. The van der Waals surface area contributed by atoms with Crippen molar-refractivity contribution < 1.29 is 27.5 Å². The molecule has 10 nitrogen and oxygen atoms in total. The van der Waals surface area contributed by atoms with E-state index < -0.39 is 17.5 Å². The van der Waals surface area contributed by atoms with Gasteiger partial charge in [0, 0.05) is 12.1 Å². The molecule has 0 aliphatic heterocycles. The van der Waals surface area contributed by atoms with Gasteiger partial charge in [-0.2, -0.15) is 0 Å². The van der Waals surface area contributed by atoms with E-state index in [1.54, 1.807) is 32.2 Å². The van der Waals surface area contributed by atoms with Crippen molar-refractivity contribution in [3.63, 3.8) is 0 Å². The Kier molecular flexibility index (Phi) is 6.13. The number of carbonyl (C=O) groups is 1. The molecule has 0 saturated carbocycles. The van der Waals surface area contributed by atoms with Gasteiger partial charge in [0.15, 0.2) is 11.5 Å². The zero-order valence-corrected chi connectivity index (χ0v) is 18.4. The lowest BCUT2D eigenvalue weighted by Gasteiger charge is -2.07. The van der Waals surface area contributed by atoms with Crippen molar-refractivity contribution in [2.45, 2.75) is 13.5 Å². The van der Waals surface area contributed by atoms with Crippen LogP contribution in [-0.2, 0) is 6.54 Å². The Labute approximate surface area is 192 Å². The molecule has 34 heavy (non-hydrogen) atoms. The number of oxazole rings is 1. The van der Waals surface area contributed by atoms with Gasteiger partial charge >= 0.3 is 0 Å². The summed E-state index contributed by atoms with van der Waals surface area (Å²) in [6.45, 7) is 1.78. The molecule has 2 aromatic carbocycles. The summed E-state index contributed by atoms with van der Waals surface area (Å²) in [7, 11) is 3.07. The third-order valence-electron chi connectivity index (χ3n) is 5.00. The van der Waals surface area contributed by atoms with Crippen LogP contribution in [0.2, 0.25) is 0 Å². The van der Waals surface area contributed by atoms with Crippen LogP contribution in [0.3, 0.4) is 0 Å². The number of aryl methyl sites for hydroxylation is 1. The SMILES string of the molecule is COc1ccc(-c2nc(Cn3nnc(C(=O)Nc4ccc(F)cc4F)c3N)c(C)o2)c(OC)c1. The second-order valence-corrected chi connectivity index (χ2v) is 7.15. The fraction of sp³-hybridized carbons (Fsp3) is 0.182. The summed E-state index contributed by atoms with van der Waals surface area (Å²) in [6, 6.07) is 7.98. The summed E-state index contributed by atoms with van der Waals surface area (Å²) in [5.41, 5.74) is 6.72. The van der Waals surface area contributed by atoms with E-state index >= 15 is 0 Å². The van der Waals surface area contributed by atoms with E-state index in [0.29, 0.717) is 40.5 Å². The number of aromatic nitrogens is 4. The van der Waals surface area contributed by atoms with E-state index in [1.165, 1.54) is 11.8 Å². The first-order valence-electron chi connectivity index (χ1n) is 9.94. The van der Waals surface area contributed by atoms with Gasteiger partial charge in [-0.3, -0.25) is 4.79 Å². The van der Waals surface area contributed by atoms with E-state index in [-0.39, 0.29) is 23.7 Å². The number of amides is 1. The molecule has 12 heteroatoms. The quantitative estimate of drug-likeness (QED) is 0.420. The van der Waals surface area contributed by atoms with Crippen molar-refractivity contribution in [3.8, 4) is 23.0 Å². The van der Waals surface area contributed by atoms with Crippen molar-refractivity contribution in [3.05, 3.63) is 65.2 Å². The van der Waals surface area contributed by atoms with Crippen molar-refractivity contribution >= 4 is 17.4 Å². The van der Waals surface area contributed by atoms with Crippen LogP contribution in [-0.4, -0.2) is 40.1 Å². The number of anilines is 2. The number of nitrogens with one attached hydrogen (secondary N) is 1. The monoisotopic (exact) mass is 470 g/mol. The van der Waals surface area contributed by atoms with E-state index in [0.717, 1.165) is 12.1 Å². The molecule has 3 N–H and O–H groups in total. The number of carbonyl (C=O) groups excluding carboxylic acids is 1. The number of nitrogens with two attached hydrogens (primary N) is 1. The Morgan fingerprint density at radius 3 is 2.68 bits per heavy atom. The fourth-order valence-corrected chi connectivity index (χ4v) is 3.18. The zero-order valence-electron chi connectivity index (χ0n) is 18.4. The highest BCUT2D eigenvalue weighted by atomic mass is 19.1. The zero-order chi connectivity index (χ0) is 24.4. The Morgan fingerprint density at radius 1 is 1.18 bits per heavy atom. The molecule has 176 valence electrons. The van der Waals surface area contributed by atoms with Gasteiger partial charge in [0.25, 0.3) is 5.91 Å². The first-order valence-corrected chi connectivity index (χ1v) is 9.94. The van der Waals surface area contributed by atoms with Crippen molar-refractivity contribution in [1.82, 2.24) is 20.0 Å². The van der Waals surface area contributed by atoms with Crippen LogP contribution in [0.25, 0.3) is 11.5 Å². The molecule has 0 aliphatic carbocycles. The molecule has 0 atom stereocenters. The van der Waals surface area contributed by atoms with E-state index in [4.69, 9.17) is 19.6 Å². The Bertz CT molecular complexity index is 1370. The molecule has 0 spiro atoms. The topological polar surface area (TPSA) is 130 Å². The summed E-state index contributed by atoms with van der Waals surface area (Å²) in [5.74, 6) is -0.613. The maximum atomic E-state index is 13.8. The molecule has 0 aliphatic rings. The number of nitrogens with zero attached hydrogens (tertiary/aromatic N) is 4. The molecule has 0 bridgehead atoms. The van der Waals surface area contributed by atoms with Crippen molar-refractivity contribution in [1.29, 1.82) is 0 Å². The maximum absolute atomic E-state index is 13.8. The molecule has 4 aromatic rings. The molecular formula is C22H20F2N6O4. The second-order valence-electron chi connectivity index (χ2n) is 7.15. The highest BCUT2D eigenvalue weighted by Crippen LogP contribution is 2.34. The van der Waals surface area contributed by atoms with E-state index in [1.807, 2.05) is 0 Å². The molecule has 2 heterocycles. The molecule has 1 amide bonds. The summed E-state index contributed by atoms with van der Waals surface area (Å²) in [4.78, 5) is 17.0. The fourth-order valence-electron chi connectivity index (χ4n) is 3.18. The van der Waals surface area contributed by atoms with Gasteiger partial charge in [-0.1, -0.05) is 5.21 Å². The summed E-state index contributed by atoms with van der Waals surface area (Å²) in [6.07, 6.45) is 0. The van der Waals surface area contributed by atoms with Gasteiger partial charge in [0.05, 0.1) is 32.0 Å². The molecular weight excluding hydrogens is 450 g/mol. The van der Waals surface area contributed by atoms with Crippen LogP contribution < -0.4 is 20.5 Å². The van der Waals surface area contributed by atoms with Crippen LogP contribution in [0, 0.1) is 18.6 Å². The minimum atomic E-state index is -0.931. The number of nitrogen functional groups attached to an aromatic ring is 1. The second kappa shape index (κ2) is 9.17. The number of rotatable bonds is 7. The van der Waals surface area contributed by atoms with E-state index in [2.05, 4.69) is 20.6 Å².